The van der Waals surface area contributed by atoms with Gasteiger partial charge >= 0.3 is 6.18 Å². The molecule has 0 saturated heterocycles. The fourth-order valence-electron chi connectivity index (χ4n) is 0.984. The lowest BCUT2D eigenvalue weighted by molar-refractivity contribution is -0.0686. The van der Waals surface area contributed by atoms with Gasteiger partial charge < -0.3 is 0 Å². The normalized spacial score (nSPS) is 11.1. The fraction of sp³-hybridized carbons (Fsp3) is 0.0909. The van der Waals surface area contributed by atoms with Crippen LogP contribution in [0.2, 0.25) is 0 Å². The van der Waals surface area contributed by atoms with E-state index in [1.54, 1.807) is 18.2 Å². The van der Waals surface area contributed by atoms with Crippen molar-refractivity contribution < 1.29 is 13.2 Å². The molecule has 0 fully saturated rings. The molecule has 0 N–H and O–H groups in total. The Hall–Kier alpha value is -1.51. The van der Waals surface area contributed by atoms with Crippen LogP contribution in [0.25, 0.3) is 11.6 Å². The van der Waals surface area contributed by atoms with Gasteiger partial charge in [-0.05, 0) is 11.1 Å². The van der Waals surface area contributed by atoms with Gasteiger partial charge in [-0.1, -0.05) is 43.5 Å². The number of hydrogen-bond acceptors (Lipinski definition) is 0. The van der Waals surface area contributed by atoms with Crippen LogP contribution in [0.5, 0.6) is 0 Å². The van der Waals surface area contributed by atoms with Crippen LogP contribution in [0, 0.1) is 0 Å². The van der Waals surface area contributed by atoms with Crippen molar-refractivity contribution in [3.63, 3.8) is 0 Å². The van der Waals surface area contributed by atoms with Crippen molar-refractivity contribution in [1.82, 2.24) is 0 Å². The number of rotatable bonds is 2. The summed E-state index contributed by atoms with van der Waals surface area (Å²) in [5.41, 5.74) is 0.0416. The molecule has 1 aromatic rings. The maximum Gasteiger partial charge on any atom is 0.416 e. The zero-order valence-corrected chi connectivity index (χ0v) is 7.43. The van der Waals surface area contributed by atoms with Crippen molar-refractivity contribution in [1.29, 1.82) is 0 Å². The van der Waals surface area contributed by atoms with E-state index in [4.69, 9.17) is 0 Å². The predicted octanol–water partition coefficient (Wildman–Crippen LogP) is 3.91. The third kappa shape index (κ3) is 2.25. The lowest BCUT2D eigenvalue weighted by Gasteiger charge is -2.09. The van der Waals surface area contributed by atoms with Gasteiger partial charge in [-0.3, -0.25) is 0 Å². The molecule has 0 amide bonds. The van der Waals surface area contributed by atoms with Crippen LogP contribution < -0.4 is 0 Å². The van der Waals surface area contributed by atoms with Crippen LogP contribution >= 0.6 is 0 Å². The second kappa shape index (κ2) is 3.70. The molecule has 74 valence electrons. The van der Waals surface area contributed by atoms with Crippen LogP contribution in [-0.4, -0.2) is 6.18 Å². The summed E-state index contributed by atoms with van der Waals surface area (Å²) in [6.07, 6.45) is -2.80. The molecule has 0 unspecified atom stereocenters. The highest BCUT2D eigenvalue weighted by molar-refractivity contribution is 5.68. The molecule has 0 atom stereocenters. The summed E-state index contributed by atoms with van der Waals surface area (Å²) in [4.78, 5) is 0. The molecule has 0 radical (unpaired) electrons. The molecular weight excluding hydrogens is 189 g/mol. The summed E-state index contributed by atoms with van der Waals surface area (Å²) in [7, 11) is 0. The Kier molecular flexibility index (Phi) is 2.79. The van der Waals surface area contributed by atoms with E-state index in [-0.39, 0.29) is 5.56 Å². The number of halogens is 3. The molecule has 3 heteroatoms. The smallest absolute Gasteiger partial charge is 0.166 e. The first-order valence-corrected chi connectivity index (χ1v) is 3.94. The van der Waals surface area contributed by atoms with Crippen LogP contribution in [0.4, 0.5) is 13.2 Å². The van der Waals surface area contributed by atoms with E-state index in [1.807, 2.05) is 0 Å². The third-order valence-electron chi connectivity index (χ3n) is 1.84. The first-order valence-electron chi connectivity index (χ1n) is 3.94. The Balaban J connectivity index is 2.98. The quantitative estimate of drug-likeness (QED) is 0.675. The highest BCUT2D eigenvalue weighted by atomic mass is 19.4. The zero-order chi connectivity index (χ0) is 10.8. The van der Waals surface area contributed by atoms with E-state index in [9.17, 15) is 13.2 Å². The van der Waals surface area contributed by atoms with Crippen LogP contribution in [0.3, 0.4) is 0 Å². The number of allylic oxidation sites excluding steroid dienone is 1. The first-order chi connectivity index (χ1) is 6.45. The van der Waals surface area contributed by atoms with Gasteiger partial charge in [0.15, 0.2) is 0 Å². The average Bonchev–Trinajstić information content (AvgIpc) is 2.15. The average molecular weight is 198 g/mol. The Morgan fingerprint density at radius 1 is 1.14 bits per heavy atom. The molecule has 0 aliphatic rings. The zero-order valence-electron chi connectivity index (χ0n) is 7.43. The van der Waals surface area contributed by atoms with Crippen molar-refractivity contribution in [3.8, 4) is 0 Å². The van der Waals surface area contributed by atoms with Crippen molar-refractivity contribution in [3.05, 3.63) is 48.6 Å². The minimum Gasteiger partial charge on any atom is -0.166 e. The lowest BCUT2D eigenvalue weighted by Crippen LogP contribution is -2.09. The third-order valence-corrected chi connectivity index (χ3v) is 1.84. The summed E-state index contributed by atoms with van der Waals surface area (Å²) in [5.74, 6) is 0. The van der Waals surface area contributed by atoms with Gasteiger partial charge in [0.25, 0.3) is 0 Å². The topological polar surface area (TPSA) is 0 Å². The molecule has 0 aromatic heterocycles. The molecule has 1 aromatic carbocycles. The first kappa shape index (κ1) is 10.6. The van der Waals surface area contributed by atoms with Gasteiger partial charge in [-0.2, -0.15) is 13.2 Å². The van der Waals surface area contributed by atoms with E-state index in [0.29, 0.717) is 0 Å². The fourth-order valence-corrected chi connectivity index (χ4v) is 0.984. The monoisotopic (exact) mass is 198 g/mol. The second-order valence-electron chi connectivity index (χ2n) is 2.80. The Labute approximate surface area is 80.4 Å². The highest BCUT2D eigenvalue weighted by Gasteiger charge is 2.32. The lowest BCUT2D eigenvalue weighted by atomic mass is 10.1. The summed E-state index contributed by atoms with van der Waals surface area (Å²) in [6.45, 7) is 6.51. The molecule has 1 rings (SSSR count). The van der Waals surface area contributed by atoms with E-state index in [2.05, 4.69) is 13.2 Å². The molecule has 0 saturated carbocycles. The van der Waals surface area contributed by atoms with Crippen LogP contribution in [0.15, 0.2) is 37.4 Å². The van der Waals surface area contributed by atoms with Gasteiger partial charge in [0, 0.05) is 0 Å². The van der Waals surface area contributed by atoms with E-state index < -0.39 is 11.7 Å². The SMILES string of the molecule is C=Cc1ccc(C(=C)C(F)(F)F)cc1. The van der Waals surface area contributed by atoms with Gasteiger partial charge in [-0.15, -0.1) is 0 Å². The van der Waals surface area contributed by atoms with Crippen molar-refractivity contribution in [2.45, 2.75) is 6.18 Å². The highest BCUT2D eigenvalue weighted by Crippen LogP contribution is 2.32. The van der Waals surface area contributed by atoms with Crippen molar-refractivity contribution >= 4 is 11.6 Å². The van der Waals surface area contributed by atoms with Gasteiger partial charge in [-0.25, -0.2) is 0 Å². The molecule has 0 spiro atoms. The number of benzene rings is 1. The Morgan fingerprint density at radius 2 is 1.64 bits per heavy atom. The van der Waals surface area contributed by atoms with Crippen LogP contribution in [-0.2, 0) is 0 Å². The molecule has 14 heavy (non-hydrogen) atoms. The number of alkyl halides is 3. The van der Waals surface area contributed by atoms with E-state index in [1.165, 1.54) is 12.1 Å². The molecule has 0 heterocycles. The molecule has 0 bridgehead atoms. The summed E-state index contributed by atoms with van der Waals surface area (Å²) >= 11 is 0. The van der Waals surface area contributed by atoms with E-state index in [0.717, 1.165) is 5.56 Å². The summed E-state index contributed by atoms with van der Waals surface area (Å²) < 4.78 is 36.6. The molecular formula is C11H9F3. The molecule has 0 aliphatic heterocycles. The second-order valence-corrected chi connectivity index (χ2v) is 2.80. The maximum absolute atomic E-state index is 12.2. The Bertz CT molecular complexity index is 344. The van der Waals surface area contributed by atoms with Crippen molar-refractivity contribution in [2.75, 3.05) is 0 Å². The number of hydrogen-bond donors (Lipinski definition) is 0. The van der Waals surface area contributed by atoms with Crippen molar-refractivity contribution in [2.24, 2.45) is 0 Å². The van der Waals surface area contributed by atoms with Crippen LogP contribution in [0.1, 0.15) is 11.1 Å². The minimum atomic E-state index is -4.37. The Morgan fingerprint density at radius 3 is 2.00 bits per heavy atom. The molecule has 0 aliphatic carbocycles. The van der Waals surface area contributed by atoms with E-state index >= 15 is 0 Å². The minimum absolute atomic E-state index is 0.0862. The van der Waals surface area contributed by atoms with Gasteiger partial charge in [0.1, 0.15) is 0 Å². The predicted molar refractivity (Wildman–Crippen MR) is 51.6 cm³/mol. The largest absolute Gasteiger partial charge is 0.416 e. The summed E-state index contributed by atoms with van der Waals surface area (Å²) in [6, 6.07) is 5.90. The maximum atomic E-state index is 12.2. The standard InChI is InChI=1S/C11H9F3/c1-3-9-4-6-10(7-5-9)8(2)11(12,13)14/h3-7H,1-2H2. The molecule has 0 nitrogen and oxygen atoms in total. The van der Waals surface area contributed by atoms with Gasteiger partial charge in [0.2, 0.25) is 0 Å². The summed E-state index contributed by atoms with van der Waals surface area (Å²) in [5, 5.41) is 0. The van der Waals surface area contributed by atoms with Gasteiger partial charge in [0.05, 0.1) is 5.57 Å².